The Labute approximate surface area is 234 Å². The number of fused-ring (bicyclic) bond motifs is 5. The summed E-state index contributed by atoms with van der Waals surface area (Å²) in [5.41, 5.74) is 2.51. The first-order valence-corrected chi connectivity index (χ1v) is 13.1. The van der Waals surface area contributed by atoms with Crippen LogP contribution in [0.4, 0.5) is 0 Å². The van der Waals surface area contributed by atoms with Gasteiger partial charge in [-0.05, 0) is 16.7 Å². The van der Waals surface area contributed by atoms with E-state index in [1.165, 1.54) is 0 Å². The van der Waals surface area contributed by atoms with Crippen LogP contribution >= 0.6 is 0 Å². The van der Waals surface area contributed by atoms with Crippen molar-refractivity contribution in [2.75, 3.05) is 13.2 Å². The summed E-state index contributed by atoms with van der Waals surface area (Å²) in [5, 5.41) is 98.0. The standard InChI is InChI=1S/C28H33NO12/c30-10-17(33)27(40-28-25(38)23(36)21(34)18(11-31)39-28)24(37)22(35)20-19-15-8-4-3-7-14(15)16(32)9-12-5-1-2-6-13(12)26(19)41-29-20/h1-8,16-18,21-25,27-28,30-38H,9-11H2/t16?,17?,18?,21-,22?,23-,24+,25-,27+,28?/m0/s1. The van der Waals surface area contributed by atoms with Crippen molar-refractivity contribution in [2.24, 2.45) is 0 Å². The third-order valence-electron chi connectivity index (χ3n) is 7.63. The Balaban J connectivity index is 1.54. The molecule has 1 aliphatic carbocycles. The Morgan fingerprint density at radius 3 is 2.27 bits per heavy atom. The Morgan fingerprint density at radius 1 is 0.878 bits per heavy atom. The van der Waals surface area contributed by atoms with Gasteiger partial charge in [-0.3, -0.25) is 0 Å². The molecule has 2 aliphatic rings. The minimum Gasteiger partial charge on any atom is -0.394 e. The first-order chi connectivity index (χ1) is 19.7. The Bertz CT molecular complexity index is 1330. The maximum absolute atomic E-state index is 11.4. The van der Waals surface area contributed by atoms with E-state index in [1.54, 1.807) is 36.4 Å². The molecular formula is C28H33NO12. The molecule has 0 amide bonds. The van der Waals surface area contributed by atoms with Crippen molar-refractivity contribution in [3.05, 3.63) is 65.4 Å². The molecular weight excluding hydrogens is 542 g/mol. The SMILES string of the molecule is OCC(O)[C@@H](OC1OC(CO)[C@H](O)[C@H](O)[C@@H]1O)[C@H](O)C(O)c1noc2c1-c1ccccc1C(O)Cc1ccccc1-2. The van der Waals surface area contributed by atoms with E-state index in [0.717, 1.165) is 5.56 Å². The molecule has 2 heterocycles. The van der Waals surface area contributed by atoms with Crippen LogP contribution in [0.3, 0.4) is 0 Å². The van der Waals surface area contributed by atoms with Crippen LogP contribution in [-0.2, 0) is 15.9 Å². The lowest BCUT2D eigenvalue weighted by molar-refractivity contribution is -0.327. The first kappa shape index (κ1) is 29.7. The zero-order valence-corrected chi connectivity index (χ0v) is 21.7. The van der Waals surface area contributed by atoms with Crippen LogP contribution in [0.25, 0.3) is 22.5 Å². The third-order valence-corrected chi connectivity index (χ3v) is 7.63. The normalized spacial score (nSPS) is 28.8. The van der Waals surface area contributed by atoms with E-state index in [4.69, 9.17) is 14.0 Å². The summed E-state index contributed by atoms with van der Waals surface area (Å²) in [6.07, 6.45) is -16.7. The summed E-state index contributed by atoms with van der Waals surface area (Å²) in [6.45, 7) is -1.69. The number of hydrogen-bond acceptors (Lipinski definition) is 13. The van der Waals surface area contributed by atoms with Crippen LogP contribution in [0.5, 0.6) is 0 Å². The summed E-state index contributed by atoms with van der Waals surface area (Å²) in [6, 6.07) is 14.1. The molecule has 1 aliphatic heterocycles. The molecule has 10 atom stereocenters. The van der Waals surface area contributed by atoms with Gasteiger partial charge < -0.3 is 60.0 Å². The van der Waals surface area contributed by atoms with Crippen LogP contribution in [0.1, 0.15) is 29.0 Å². The molecule has 0 radical (unpaired) electrons. The number of rotatable bonds is 8. The number of aromatic nitrogens is 1. The highest BCUT2D eigenvalue weighted by Crippen LogP contribution is 2.45. The molecule has 9 N–H and O–H groups in total. The number of ether oxygens (including phenoxy) is 2. The van der Waals surface area contributed by atoms with Gasteiger partial charge in [0.05, 0.1) is 24.9 Å². The maximum Gasteiger partial charge on any atom is 0.187 e. The monoisotopic (exact) mass is 575 g/mol. The average Bonchev–Trinajstić information content (AvgIpc) is 3.42. The fraction of sp³-hybridized carbons (Fsp3) is 0.464. The lowest BCUT2D eigenvalue weighted by Crippen LogP contribution is -2.61. The number of aliphatic hydroxyl groups excluding tert-OH is 9. The van der Waals surface area contributed by atoms with Crippen LogP contribution < -0.4 is 0 Å². The van der Waals surface area contributed by atoms with Gasteiger partial charge in [-0.2, -0.15) is 0 Å². The van der Waals surface area contributed by atoms with Crippen molar-refractivity contribution in [3.63, 3.8) is 0 Å². The van der Waals surface area contributed by atoms with E-state index in [-0.39, 0.29) is 23.4 Å². The lowest BCUT2D eigenvalue weighted by Gasteiger charge is -2.42. The molecule has 1 fully saturated rings. The minimum atomic E-state index is -2.02. The van der Waals surface area contributed by atoms with E-state index in [9.17, 15) is 46.0 Å². The molecule has 0 saturated carbocycles. The predicted octanol–water partition coefficient (Wildman–Crippen LogP) is -1.47. The molecule has 13 heteroatoms. The van der Waals surface area contributed by atoms with Crippen LogP contribution in [0, 0.1) is 0 Å². The lowest BCUT2D eigenvalue weighted by atomic mass is 9.84. The highest BCUT2D eigenvalue weighted by molar-refractivity contribution is 5.85. The van der Waals surface area contributed by atoms with Gasteiger partial charge >= 0.3 is 0 Å². The number of nitrogens with zero attached hydrogens (tertiary/aromatic N) is 1. The molecule has 5 unspecified atom stereocenters. The van der Waals surface area contributed by atoms with E-state index >= 15 is 0 Å². The van der Waals surface area contributed by atoms with Crippen molar-refractivity contribution in [1.82, 2.24) is 5.16 Å². The van der Waals surface area contributed by atoms with Gasteiger partial charge in [-0.1, -0.05) is 53.7 Å². The summed E-state index contributed by atoms with van der Waals surface area (Å²) >= 11 is 0. The number of benzene rings is 2. The largest absolute Gasteiger partial charge is 0.394 e. The van der Waals surface area contributed by atoms with E-state index in [2.05, 4.69) is 5.16 Å². The van der Waals surface area contributed by atoms with Crippen molar-refractivity contribution in [3.8, 4) is 22.5 Å². The molecule has 1 saturated heterocycles. The summed E-state index contributed by atoms with van der Waals surface area (Å²) in [4.78, 5) is 0. The zero-order chi connectivity index (χ0) is 29.4. The molecule has 222 valence electrons. The Morgan fingerprint density at radius 2 is 1.56 bits per heavy atom. The van der Waals surface area contributed by atoms with E-state index < -0.39 is 74.4 Å². The summed E-state index contributed by atoms with van der Waals surface area (Å²) < 4.78 is 16.6. The summed E-state index contributed by atoms with van der Waals surface area (Å²) in [5.74, 6) is 0.273. The third kappa shape index (κ3) is 5.43. The highest BCUT2D eigenvalue weighted by Gasteiger charge is 2.47. The van der Waals surface area contributed by atoms with Gasteiger partial charge in [0.15, 0.2) is 12.1 Å². The first-order valence-electron chi connectivity index (χ1n) is 13.1. The van der Waals surface area contributed by atoms with Gasteiger partial charge in [0, 0.05) is 12.0 Å². The molecule has 0 bridgehead atoms. The van der Waals surface area contributed by atoms with Gasteiger partial charge in [-0.15, -0.1) is 0 Å². The maximum atomic E-state index is 11.4. The summed E-state index contributed by atoms with van der Waals surface area (Å²) in [7, 11) is 0. The van der Waals surface area contributed by atoms with Gasteiger partial charge in [0.25, 0.3) is 0 Å². The molecule has 2 aromatic carbocycles. The minimum absolute atomic E-state index is 0.156. The smallest absolute Gasteiger partial charge is 0.187 e. The van der Waals surface area contributed by atoms with Crippen LogP contribution in [0.15, 0.2) is 53.1 Å². The fourth-order valence-corrected chi connectivity index (χ4v) is 5.38. The Kier molecular flexibility index (Phi) is 8.84. The van der Waals surface area contributed by atoms with Crippen molar-refractivity contribution < 1.29 is 60.0 Å². The second kappa shape index (κ2) is 12.2. The highest BCUT2D eigenvalue weighted by atomic mass is 16.7. The molecule has 0 spiro atoms. The van der Waals surface area contributed by atoms with Crippen LogP contribution in [-0.4, -0.2) is 113 Å². The Hall–Kier alpha value is -2.79. The average molecular weight is 576 g/mol. The predicted molar refractivity (Wildman–Crippen MR) is 139 cm³/mol. The zero-order valence-electron chi connectivity index (χ0n) is 21.7. The quantitative estimate of drug-likeness (QED) is 0.150. The molecule has 3 aromatic rings. The van der Waals surface area contributed by atoms with Crippen molar-refractivity contribution in [2.45, 2.75) is 67.6 Å². The second-order valence-corrected chi connectivity index (χ2v) is 10.2. The van der Waals surface area contributed by atoms with Gasteiger partial charge in [0.2, 0.25) is 0 Å². The second-order valence-electron chi connectivity index (χ2n) is 10.2. The molecule has 1 aromatic heterocycles. The van der Waals surface area contributed by atoms with Gasteiger partial charge in [0.1, 0.15) is 54.5 Å². The molecule has 5 rings (SSSR count). The van der Waals surface area contributed by atoms with E-state index in [0.29, 0.717) is 16.7 Å². The molecule has 41 heavy (non-hydrogen) atoms. The fourth-order valence-electron chi connectivity index (χ4n) is 5.38. The topological polar surface area (TPSA) is 227 Å². The van der Waals surface area contributed by atoms with E-state index in [1.807, 2.05) is 12.1 Å². The van der Waals surface area contributed by atoms with Crippen LogP contribution in [0.2, 0.25) is 0 Å². The molecule has 13 nitrogen and oxygen atoms in total. The number of aliphatic hydroxyl groups is 9. The van der Waals surface area contributed by atoms with Crippen molar-refractivity contribution >= 4 is 0 Å². The van der Waals surface area contributed by atoms with Gasteiger partial charge in [-0.25, -0.2) is 0 Å². The number of hydrogen-bond donors (Lipinski definition) is 9. The van der Waals surface area contributed by atoms with Crippen molar-refractivity contribution in [1.29, 1.82) is 0 Å².